The summed E-state index contributed by atoms with van der Waals surface area (Å²) in [5.74, 6) is -0.163. The number of halogens is 1. The zero-order chi connectivity index (χ0) is 9.14. The number of nitrogens with one attached hydrogen (secondary N) is 1. The highest BCUT2D eigenvalue weighted by Crippen LogP contribution is 2.26. The molecule has 3 nitrogen and oxygen atoms in total. The van der Waals surface area contributed by atoms with Crippen LogP contribution in [0.25, 0.3) is 0 Å². The molecule has 0 saturated heterocycles. The Morgan fingerprint density at radius 1 is 1.75 bits per heavy atom. The molecule has 0 aliphatic carbocycles. The average Bonchev–Trinajstić information content (AvgIpc) is 2.35. The Bertz CT molecular complexity index is 285. The molecule has 0 bridgehead atoms. The van der Waals surface area contributed by atoms with E-state index in [2.05, 4.69) is 21.2 Å². The van der Waals surface area contributed by atoms with E-state index in [1.165, 1.54) is 11.3 Å². The van der Waals surface area contributed by atoms with E-state index in [4.69, 9.17) is 5.73 Å². The lowest BCUT2D eigenvalue weighted by Crippen LogP contribution is -2.32. The van der Waals surface area contributed by atoms with Crippen molar-refractivity contribution < 1.29 is 4.79 Å². The van der Waals surface area contributed by atoms with Crippen LogP contribution in [0.3, 0.4) is 0 Å². The number of amides is 1. The second-order valence-electron chi connectivity index (χ2n) is 2.38. The van der Waals surface area contributed by atoms with Gasteiger partial charge in [-0.2, -0.15) is 0 Å². The molecular formula is C7H9BrN2OS. The van der Waals surface area contributed by atoms with E-state index < -0.39 is 6.04 Å². The molecule has 0 radical (unpaired) electrons. The number of thiophene rings is 1. The van der Waals surface area contributed by atoms with Crippen molar-refractivity contribution in [2.75, 3.05) is 5.32 Å². The van der Waals surface area contributed by atoms with Gasteiger partial charge in [0.2, 0.25) is 5.91 Å². The number of carbonyl (C=O) groups excluding carboxylic acids is 1. The molecule has 5 heteroatoms. The minimum atomic E-state index is -0.467. The summed E-state index contributed by atoms with van der Waals surface area (Å²) in [4.78, 5) is 11.1. The summed E-state index contributed by atoms with van der Waals surface area (Å²) in [5.41, 5.74) is 5.37. The predicted octanol–water partition coefficient (Wildman–Crippen LogP) is 1.80. The smallest absolute Gasteiger partial charge is 0.241 e. The van der Waals surface area contributed by atoms with Gasteiger partial charge in [-0.25, -0.2) is 0 Å². The Morgan fingerprint density at radius 3 is 2.83 bits per heavy atom. The minimum absolute atomic E-state index is 0.163. The van der Waals surface area contributed by atoms with Gasteiger partial charge in [0.25, 0.3) is 0 Å². The van der Waals surface area contributed by atoms with Gasteiger partial charge in [0.15, 0.2) is 0 Å². The maximum absolute atomic E-state index is 11.1. The van der Waals surface area contributed by atoms with Crippen LogP contribution in [-0.2, 0) is 4.79 Å². The maximum Gasteiger partial charge on any atom is 0.241 e. The standard InChI is InChI=1S/C7H9BrN2OS/c1-4(9)7(11)10-6-3-2-5(8)12-6/h2-4H,9H2,1H3,(H,10,11). The molecular weight excluding hydrogens is 240 g/mol. The van der Waals surface area contributed by atoms with Crippen LogP contribution in [0.1, 0.15) is 6.92 Å². The number of hydrogen-bond donors (Lipinski definition) is 2. The molecule has 0 aliphatic rings. The van der Waals surface area contributed by atoms with Crippen molar-refractivity contribution >= 4 is 38.2 Å². The summed E-state index contributed by atoms with van der Waals surface area (Å²) in [7, 11) is 0. The number of nitrogens with two attached hydrogens (primary N) is 1. The fourth-order valence-corrected chi connectivity index (χ4v) is 1.91. The second-order valence-corrected chi connectivity index (χ2v) is 4.84. The SMILES string of the molecule is CC(N)C(=O)Nc1ccc(Br)s1. The number of hydrogen-bond acceptors (Lipinski definition) is 3. The van der Waals surface area contributed by atoms with Gasteiger partial charge in [-0.3, -0.25) is 4.79 Å². The van der Waals surface area contributed by atoms with Gasteiger partial charge in [0.1, 0.15) is 0 Å². The average molecular weight is 249 g/mol. The van der Waals surface area contributed by atoms with Gasteiger partial charge >= 0.3 is 0 Å². The highest BCUT2D eigenvalue weighted by Gasteiger charge is 2.07. The first-order valence-corrected chi connectivity index (χ1v) is 5.02. The van der Waals surface area contributed by atoms with Crippen LogP contribution >= 0.6 is 27.3 Å². The van der Waals surface area contributed by atoms with E-state index in [1.807, 2.05) is 12.1 Å². The number of carbonyl (C=O) groups is 1. The van der Waals surface area contributed by atoms with E-state index in [0.29, 0.717) is 0 Å². The zero-order valence-corrected chi connectivity index (χ0v) is 8.91. The summed E-state index contributed by atoms with van der Waals surface area (Å²) in [5, 5.41) is 3.50. The van der Waals surface area contributed by atoms with Gasteiger partial charge in [0.05, 0.1) is 14.8 Å². The third-order valence-corrected chi connectivity index (χ3v) is 2.77. The zero-order valence-electron chi connectivity index (χ0n) is 6.50. The van der Waals surface area contributed by atoms with Crippen LogP contribution in [0.4, 0.5) is 5.00 Å². The molecule has 0 fully saturated rings. The Balaban J connectivity index is 2.58. The van der Waals surface area contributed by atoms with Crippen LogP contribution in [0, 0.1) is 0 Å². The van der Waals surface area contributed by atoms with Crippen molar-refractivity contribution in [1.82, 2.24) is 0 Å². The molecule has 3 N–H and O–H groups in total. The molecule has 0 spiro atoms. The van der Waals surface area contributed by atoms with Gasteiger partial charge in [0, 0.05) is 0 Å². The molecule has 1 amide bonds. The number of anilines is 1. The molecule has 1 aromatic heterocycles. The van der Waals surface area contributed by atoms with E-state index >= 15 is 0 Å². The normalized spacial score (nSPS) is 12.6. The summed E-state index contributed by atoms with van der Waals surface area (Å²) in [6.07, 6.45) is 0. The second kappa shape index (κ2) is 4.02. The van der Waals surface area contributed by atoms with Gasteiger partial charge in [-0.15, -0.1) is 11.3 Å². The first-order chi connectivity index (χ1) is 5.59. The third-order valence-electron chi connectivity index (χ3n) is 1.23. The molecule has 12 heavy (non-hydrogen) atoms. The Labute approximate surface area is 83.1 Å². The van der Waals surface area contributed by atoms with Crippen molar-refractivity contribution in [2.24, 2.45) is 5.73 Å². The predicted molar refractivity (Wildman–Crippen MR) is 54.3 cm³/mol. The van der Waals surface area contributed by atoms with Gasteiger partial charge < -0.3 is 11.1 Å². The lowest BCUT2D eigenvalue weighted by Gasteiger charge is -2.03. The van der Waals surface area contributed by atoms with E-state index in [9.17, 15) is 4.79 Å². The molecule has 1 atom stereocenters. The molecule has 0 aromatic carbocycles. The van der Waals surface area contributed by atoms with E-state index in [0.717, 1.165) is 8.79 Å². The minimum Gasteiger partial charge on any atom is -0.320 e. The molecule has 0 saturated carbocycles. The van der Waals surface area contributed by atoms with Crippen LogP contribution in [0.2, 0.25) is 0 Å². The van der Waals surface area contributed by atoms with Crippen LogP contribution < -0.4 is 11.1 Å². The van der Waals surface area contributed by atoms with Crippen LogP contribution in [-0.4, -0.2) is 11.9 Å². The van der Waals surface area contributed by atoms with Crippen molar-refractivity contribution in [2.45, 2.75) is 13.0 Å². The topological polar surface area (TPSA) is 55.1 Å². The maximum atomic E-state index is 11.1. The highest BCUT2D eigenvalue weighted by atomic mass is 79.9. The summed E-state index contributed by atoms with van der Waals surface area (Å²) < 4.78 is 0.988. The van der Waals surface area contributed by atoms with Crippen LogP contribution in [0.15, 0.2) is 15.9 Å². The Kier molecular flexibility index (Phi) is 3.25. The van der Waals surface area contributed by atoms with Crippen molar-refractivity contribution in [3.63, 3.8) is 0 Å². The first kappa shape index (κ1) is 9.70. The Hall–Kier alpha value is -0.390. The molecule has 1 heterocycles. The first-order valence-electron chi connectivity index (χ1n) is 3.41. The van der Waals surface area contributed by atoms with E-state index in [-0.39, 0.29) is 5.91 Å². The molecule has 1 rings (SSSR count). The molecule has 1 unspecified atom stereocenters. The summed E-state index contributed by atoms with van der Waals surface area (Å²) >= 11 is 4.76. The van der Waals surface area contributed by atoms with Crippen LogP contribution in [0.5, 0.6) is 0 Å². The monoisotopic (exact) mass is 248 g/mol. The van der Waals surface area contributed by atoms with Crippen molar-refractivity contribution in [3.8, 4) is 0 Å². The fraction of sp³-hybridized carbons (Fsp3) is 0.286. The fourth-order valence-electron chi connectivity index (χ4n) is 0.617. The van der Waals surface area contributed by atoms with Crippen molar-refractivity contribution in [3.05, 3.63) is 15.9 Å². The van der Waals surface area contributed by atoms with Gasteiger partial charge in [-0.05, 0) is 35.0 Å². The Morgan fingerprint density at radius 2 is 2.42 bits per heavy atom. The molecule has 66 valence electrons. The lowest BCUT2D eigenvalue weighted by atomic mass is 10.3. The summed E-state index contributed by atoms with van der Waals surface area (Å²) in [6, 6.07) is 3.24. The largest absolute Gasteiger partial charge is 0.320 e. The van der Waals surface area contributed by atoms with Crippen molar-refractivity contribution in [1.29, 1.82) is 0 Å². The third kappa shape index (κ3) is 2.58. The number of rotatable bonds is 2. The lowest BCUT2D eigenvalue weighted by molar-refractivity contribution is -0.117. The highest BCUT2D eigenvalue weighted by molar-refractivity contribution is 9.11. The quantitative estimate of drug-likeness (QED) is 0.839. The molecule has 0 aliphatic heterocycles. The molecule has 1 aromatic rings. The van der Waals surface area contributed by atoms with E-state index in [1.54, 1.807) is 6.92 Å². The van der Waals surface area contributed by atoms with Gasteiger partial charge in [-0.1, -0.05) is 0 Å². The summed E-state index contributed by atoms with van der Waals surface area (Å²) in [6.45, 7) is 1.65.